The number of hydrogen-bond donors (Lipinski definition) is 1. The van der Waals surface area contributed by atoms with Crippen molar-refractivity contribution in [3.05, 3.63) is 81.2 Å². The van der Waals surface area contributed by atoms with Crippen molar-refractivity contribution in [1.29, 1.82) is 0 Å². The molecule has 3 rings (SSSR count). The molecule has 0 radical (unpaired) electrons. The second kappa shape index (κ2) is 8.95. The molecule has 0 fully saturated rings. The number of esters is 1. The summed E-state index contributed by atoms with van der Waals surface area (Å²) in [6.07, 6.45) is 0. The molecule has 6 nitrogen and oxygen atoms in total. The minimum absolute atomic E-state index is 0.0894. The number of aryl methyl sites for hydroxylation is 2. The highest BCUT2D eigenvalue weighted by molar-refractivity contribution is 5.96. The lowest BCUT2D eigenvalue weighted by molar-refractivity contribution is -0.148. The Bertz CT molecular complexity index is 1130. The Morgan fingerprint density at radius 1 is 1.07 bits per heavy atom. The van der Waals surface area contributed by atoms with Crippen molar-refractivity contribution in [1.82, 2.24) is 5.32 Å². The summed E-state index contributed by atoms with van der Waals surface area (Å²) in [7, 11) is 0. The lowest BCUT2D eigenvalue weighted by Crippen LogP contribution is -2.45. The number of hydrogen-bond acceptors (Lipinski definition) is 5. The average Bonchev–Trinajstić information content (AvgIpc) is 2.73. The maximum atomic E-state index is 12.7. The number of carbonyl (C=O) groups is 2. The molecule has 3 aromatic rings. The first kappa shape index (κ1) is 21.3. The number of ether oxygens (including phenoxy) is 1. The first-order chi connectivity index (χ1) is 14.3. The van der Waals surface area contributed by atoms with E-state index in [9.17, 15) is 14.4 Å². The van der Waals surface area contributed by atoms with Crippen molar-refractivity contribution < 1.29 is 18.7 Å². The van der Waals surface area contributed by atoms with Crippen molar-refractivity contribution in [2.24, 2.45) is 5.92 Å². The van der Waals surface area contributed by atoms with Gasteiger partial charge < -0.3 is 14.5 Å². The van der Waals surface area contributed by atoms with Crippen LogP contribution in [0.3, 0.4) is 0 Å². The van der Waals surface area contributed by atoms with Crippen LogP contribution in [-0.4, -0.2) is 17.9 Å². The first-order valence-corrected chi connectivity index (χ1v) is 9.83. The second-order valence-corrected chi connectivity index (χ2v) is 7.64. The number of amides is 1. The maximum absolute atomic E-state index is 12.7. The average molecular weight is 407 g/mol. The van der Waals surface area contributed by atoms with Crippen LogP contribution in [0.4, 0.5) is 0 Å². The van der Waals surface area contributed by atoms with Crippen LogP contribution in [-0.2, 0) is 16.1 Å². The fourth-order valence-electron chi connectivity index (χ4n) is 3.19. The quantitative estimate of drug-likeness (QED) is 0.495. The van der Waals surface area contributed by atoms with E-state index in [0.29, 0.717) is 16.7 Å². The van der Waals surface area contributed by atoms with Crippen LogP contribution in [0.1, 0.15) is 40.9 Å². The molecule has 0 saturated carbocycles. The van der Waals surface area contributed by atoms with E-state index in [0.717, 1.165) is 16.5 Å². The molecule has 0 aliphatic heterocycles. The van der Waals surface area contributed by atoms with Gasteiger partial charge in [0.05, 0.1) is 0 Å². The highest BCUT2D eigenvalue weighted by Crippen LogP contribution is 2.24. The van der Waals surface area contributed by atoms with E-state index in [1.807, 2.05) is 45.9 Å². The topological polar surface area (TPSA) is 85.6 Å². The van der Waals surface area contributed by atoms with E-state index in [-0.39, 0.29) is 18.4 Å². The molecule has 2 aromatic carbocycles. The number of fused-ring (bicyclic) bond motifs is 1. The zero-order valence-electron chi connectivity index (χ0n) is 17.5. The molecule has 1 amide bonds. The molecule has 1 atom stereocenters. The zero-order valence-corrected chi connectivity index (χ0v) is 17.5. The van der Waals surface area contributed by atoms with E-state index >= 15 is 0 Å². The standard InChI is InChI=1S/C24H25NO5/c1-14(2)21(25-23(27)17-8-6-5-7-9-17)24(28)29-13-18-12-20(26)30-22-16(4)15(3)10-11-19(18)22/h5-12,14,21H,13H2,1-4H3,(H,25,27)/t21-/m0/s1. The molecule has 0 aliphatic carbocycles. The Hall–Kier alpha value is -3.41. The van der Waals surface area contributed by atoms with E-state index in [1.54, 1.807) is 24.3 Å². The van der Waals surface area contributed by atoms with Crippen molar-refractivity contribution in [2.75, 3.05) is 0 Å². The molecule has 1 heterocycles. The van der Waals surface area contributed by atoms with Gasteiger partial charge in [-0.2, -0.15) is 0 Å². The van der Waals surface area contributed by atoms with Gasteiger partial charge in [0.15, 0.2) is 0 Å². The lowest BCUT2D eigenvalue weighted by atomic mass is 10.0. The third-order valence-corrected chi connectivity index (χ3v) is 5.13. The highest BCUT2D eigenvalue weighted by Gasteiger charge is 2.26. The van der Waals surface area contributed by atoms with Crippen molar-refractivity contribution in [3.8, 4) is 0 Å². The fourth-order valence-corrected chi connectivity index (χ4v) is 3.19. The van der Waals surface area contributed by atoms with Crippen LogP contribution in [0, 0.1) is 19.8 Å². The van der Waals surface area contributed by atoms with Crippen LogP contribution in [0.25, 0.3) is 11.0 Å². The number of benzene rings is 2. The SMILES string of the molecule is Cc1ccc2c(COC(=O)[C@@H](NC(=O)c3ccccc3)C(C)C)cc(=O)oc2c1C. The predicted octanol–water partition coefficient (Wildman–Crippen LogP) is 3.91. The van der Waals surface area contributed by atoms with Crippen LogP contribution >= 0.6 is 0 Å². The van der Waals surface area contributed by atoms with Crippen molar-refractivity contribution >= 4 is 22.8 Å². The third-order valence-electron chi connectivity index (χ3n) is 5.13. The van der Waals surface area contributed by atoms with E-state index in [2.05, 4.69) is 5.32 Å². The van der Waals surface area contributed by atoms with E-state index < -0.39 is 17.6 Å². The Kier molecular flexibility index (Phi) is 6.35. The van der Waals surface area contributed by atoms with E-state index in [1.165, 1.54) is 6.07 Å². The molecule has 1 N–H and O–H groups in total. The number of carbonyl (C=O) groups excluding carboxylic acids is 2. The minimum Gasteiger partial charge on any atom is -0.459 e. The van der Waals surface area contributed by atoms with Gasteiger partial charge in [0, 0.05) is 22.6 Å². The summed E-state index contributed by atoms with van der Waals surface area (Å²) in [5, 5.41) is 3.46. The monoisotopic (exact) mass is 407 g/mol. The normalized spacial score (nSPS) is 12.0. The predicted molar refractivity (Wildman–Crippen MR) is 114 cm³/mol. The van der Waals surface area contributed by atoms with Crippen molar-refractivity contribution in [3.63, 3.8) is 0 Å². The fraction of sp³-hybridized carbons (Fsp3) is 0.292. The third kappa shape index (κ3) is 4.59. The maximum Gasteiger partial charge on any atom is 0.336 e. The first-order valence-electron chi connectivity index (χ1n) is 9.83. The Balaban J connectivity index is 1.78. The van der Waals surface area contributed by atoms with Gasteiger partial charge in [0.1, 0.15) is 18.2 Å². The molecule has 0 spiro atoms. The summed E-state index contributed by atoms with van der Waals surface area (Å²) >= 11 is 0. The van der Waals surface area contributed by atoms with Gasteiger partial charge in [-0.05, 0) is 43.0 Å². The second-order valence-electron chi connectivity index (χ2n) is 7.64. The van der Waals surface area contributed by atoms with Gasteiger partial charge in [-0.25, -0.2) is 9.59 Å². The molecule has 0 aliphatic rings. The molecular weight excluding hydrogens is 382 g/mol. The van der Waals surface area contributed by atoms with Crippen LogP contribution in [0.15, 0.2) is 57.7 Å². The molecular formula is C24H25NO5. The van der Waals surface area contributed by atoms with Gasteiger partial charge >= 0.3 is 11.6 Å². The number of rotatable bonds is 6. The zero-order chi connectivity index (χ0) is 21.8. The summed E-state index contributed by atoms with van der Waals surface area (Å²) in [6.45, 7) is 7.38. The molecule has 156 valence electrons. The molecule has 0 unspecified atom stereocenters. The van der Waals surface area contributed by atoms with Gasteiger partial charge in [-0.1, -0.05) is 44.2 Å². The van der Waals surface area contributed by atoms with Crippen LogP contribution in [0.2, 0.25) is 0 Å². The summed E-state index contributed by atoms with van der Waals surface area (Å²) in [5.74, 6) is -1.07. The van der Waals surface area contributed by atoms with E-state index in [4.69, 9.17) is 9.15 Å². The Morgan fingerprint density at radius 2 is 1.77 bits per heavy atom. The highest BCUT2D eigenvalue weighted by atomic mass is 16.5. The summed E-state index contributed by atoms with van der Waals surface area (Å²) in [4.78, 5) is 37.2. The van der Waals surface area contributed by atoms with Gasteiger partial charge in [0.25, 0.3) is 5.91 Å². The molecule has 1 aromatic heterocycles. The van der Waals surface area contributed by atoms with Gasteiger partial charge in [-0.3, -0.25) is 4.79 Å². The lowest BCUT2D eigenvalue weighted by Gasteiger charge is -2.21. The summed E-state index contributed by atoms with van der Waals surface area (Å²) in [6, 6.07) is 13.0. The molecule has 0 saturated heterocycles. The minimum atomic E-state index is -0.812. The van der Waals surface area contributed by atoms with Gasteiger partial charge in [0.2, 0.25) is 0 Å². The largest absolute Gasteiger partial charge is 0.459 e. The smallest absolute Gasteiger partial charge is 0.336 e. The molecule has 0 bridgehead atoms. The summed E-state index contributed by atoms with van der Waals surface area (Å²) < 4.78 is 10.8. The van der Waals surface area contributed by atoms with Crippen LogP contribution in [0.5, 0.6) is 0 Å². The summed E-state index contributed by atoms with van der Waals surface area (Å²) in [5.41, 5.74) is 2.89. The molecule has 6 heteroatoms. The van der Waals surface area contributed by atoms with Gasteiger partial charge in [-0.15, -0.1) is 0 Å². The molecule has 30 heavy (non-hydrogen) atoms. The Labute approximate surface area is 174 Å². The Morgan fingerprint density at radius 3 is 2.43 bits per heavy atom. The number of nitrogens with one attached hydrogen (secondary N) is 1. The van der Waals surface area contributed by atoms with Crippen LogP contribution < -0.4 is 10.9 Å². The van der Waals surface area contributed by atoms with Crippen molar-refractivity contribution in [2.45, 2.75) is 40.3 Å².